The van der Waals surface area contributed by atoms with E-state index in [4.69, 9.17) is 43.7 Å². The summed E-state index contributed by atoms with van der Waals surface area (Å²) in [6.45, 7) is 0. The number of para-hydroxylation sites is 1. The van der Waals surface area contributed by atoms with E-state index >= 15 is 0 Å². The molecule has 0 bridgehead atoms. The second-order valence-electron chi connectivity index (χ2n) is 19.9. The molecule has 0 N–H and O–H groups in total. The highest BCUT2D eigenvalue weighted by atomic mass is 32.1. The molecular formula is C71H41N7O2S. The molecule has 0 spiro atoms. The number of thiophene rings is 1. The van der Waals surface area contributed by atoms with Crippen molar-refractivity contribution >= 4 is 75.6 Å². The minimum absolute atomic E-state index is 0.612. The Morgan fingerprint density at radius 3 is 1.40 bits per heavy atom. The summed E-state index contributed by atoms with van der Waals surface area (Å²) in [5, 5.41) is 4.14. The van der Waals surface area contributed by atoms with Crippen molar-refractivity contribution in [2.75, 3.05) is 0 Å². The van der Waals surface area contributed by atoms with E-state index in [-0.39, 0.29) is 0 Å². The smallest absolute Gasteiger partial charge is 0.180 e. The highest BCUT2D eigenvalue weighted by Crippen LogP contribution is 2.45. The number of furan rings is 2. The van der Waals surface area contributed by atoms with Crippen molar-refractivity contribution in [3.8, 4) is 102 Å². The average molecular weight is 1060 g/mol. The molecule has 81 heavy (non-hydrogen) atoms. The van der Waals surface area contributed by atoms with E-state index in [1.807, 2.05) is 127 Å². The molecule has 6 aromatic heterocycles. The first-order valence-corrected chi connectivity index (χ1v) is 27.5. The highest BCUT2D eigenvalue weighted by molar-refractivity contribution is 7.26. The van der Waals surface area contributed by atoms with Crippen LogP contribution in [0.1, 0.15) is 0 Å². The third-order valence-electron chi connectivity index (χ3n) is 15.0. The largest absolute Gasteiger partial charge is 0.452 e. The summed E-state index contributed by atoms with van der Waals surface area (Å²) in [5.74, 6) is 3.12. The first kappa shape index (κ1) is 46.3. The SMILES string of the molecule is c1ccc(-c2nc(-c3ccccc3)nc(-c3cccc4c3sc3cccc(-c5cccc(-c6nc(-c7ccccc7)nc7c6oc6ccc(-c8ccc(-c9nc(-c%10ccccc%10)c%10oc%11ccccc%11c%10n9)cc8)cc67)c5)c34)n2)cc1. The lowest BCUT2D eigenvalue weighted by Gasteiger charge is -2.10. The van der Waals surface area contributed by atoms with E-state index in [9.17, 15) is 0 Å². The van der Waals surface area contributed by atoms with E-state index in [1.165, 1.54) is 0 Å². The van der Waals surface area contributed by atoms with E-state index < -0.39 is 0 Å². The zero-order valence-corrected chi connectivity index (χ0v) is 43.8. The third-order valence-corrected chi connectivity index (χ3v) is 16.2. The van der Waals surface area contributed by atoms with Gasteiger partial charge in [-0.2, -0.15) is 0 Å². The standard InChI is InChI=1S/C71H41N7O2S/c1-5-18-43(19-6-1)60-64-62(52-28-13-14-32-56(52)79-64)74-68(72-60)47-36-34-42(35-37-47)48-38-39-57-55(41-48)63-65(80-57)61(73-67(75-63)44-20-7-2-8-21-44)50-27-15-26-49(40-50)51-29-17-33-58-59(51)53-30-16-31-54(66(53)81-58)71-77-69(45-22-9-3-10-23-45)76-70(78-71)46-24-11-4-12-25-46/h1-41H. The van der Waals surface area contributed by atoms with Crippen molar-refractivity contribution in [3.05, 3.63) is 249 Å². The van der Waals surface area contributed by atoms with Crippen molar-refractivity contribution in [2.45, 2.75) is 0 Å². The topological polar surface area (TPSA) is 117 Å². The lowest BCUT2D eigenvalue weighted by atomic mass is 9.96. The van der Waals surface area contributed by atoms with Gasteiger partial charge in [0.05, 0.1) is 0 Å². The van der Waals surface area contributed by atoms with Crippen molar-refractivity contribution in [2.24, 2.45) is 0 Å². The van der Waals surface area contributed by atoms with Gasteiger partial charge >= 0.3 is 0 Å². The average Bonchev–Trinajstić information content (AvgIpc) is 4.47. The van der Waals surface area contributed by atoms with E-state index in [0.29, 0.717) is 46.0 Å². The van der Waals surface area contributed by atoms with Gasteiger partial charge in [-0.25, -0.2) is 34.9 Å². The number of aromatic nitrogens is 7. The van der Waals surface area contributed by atoms with Crippen LogP contribution in [0.15, 0.2) is 258 Å². The molecule has 0 aliphatic carbocycles. The minimum atomic E-state index is 0.612. The summed E-state index contributed by atoms with van der Waals surface area (Å²) in [5.41, 5.74) is 16.5. The second kappa shape index (κ2) is 19.0. The zero-order valence-electron chi connectivity index (χ0n) is 43.0. The normalized spacial score (nSPS) is 11.7. The highest BCUT2D eigenvalue weighted by Gasteiger charge is 2.23. The number of hydrogen-bond donors (Lipinski definition) is 0. The predicted octanol–water partition coefficient (Wildman–Crippen LogP) is 18.6. The van der Waals surface area contributed by atoms with Gasteiger partial charge in [-0.1, -0.05) is 206 Å². The quantitative estimate of drug-likeness (QED) is 0.139. The molecule has 0 saturated carbocycles. The summed E-state index contributed by atoms with van der Waals surface area (Å²) >= 11 is 1.75. The molecule has 0 radical (unpaired) electrons. The van der Waals surface area contributed by atoms with Crippen LogP contribution in [0.25, 0.3) is 166 Å². The number of fused-ring (bicyclic) bond motifs is 9. The van der Waals surface area contributed by atoms with Crippen LogP contribution in [-0.2, 0) is 0 Å². The monoisotopic (exact) mass is 1060 g/mol. The lowest BCUT2D eigenvalue weighted by Crippen LogP contribution is -2.00. The van der Waals surface area contributed by atoms with Crippen LogP contribution < -0.4 is 0 Å². The molecule has 0 atom stereocenters. The van der Waals surface area contributed by atoms with Gasteiger partial charge in [0.2, 0.25) is 0 Å². The Morgan fingerprint density at radius 2 is 0.728 bits per heavy atom. The second-order valence-corrected chi connectivity index (χ2v) is 21.0. The Labute approximate surface area is 467 Å². The van der Waals surface area contributed by atoms with Crippen LogP contribution in [-0.4, -0.2) is 34.9 Å². The van der Waals surface area contributed by atoms with Gasteiger partial charge in [0, 0.05) is 69.9 Å². The first-order valence-electron chi connectivity index (χ1n) is 26.7. The molecular weight excluding hydrogens is 1010 g/mol. The van der Waals surface area contributed by atoms with Gasteiger partial charge in [-0.3, -0.25) is 0 Å². The maximum absolute atomic E-state index is 6.83. The molecule has 6 heterocycles. The maximum Gasteiger partial charge on any atom is 0.180 e. The molecule has 16 aromatic rings. The van der Waals surface area contributed by atoms with Crippen LogP contribution in [0.4, 0.5) is 0 Å². The van der Waals surface area contributed by atoms with Crippen molar-refractivity contribution in [3.63, 3.8) is 0 Å². The van der Waals surface area contributed by atoms with Crippen molar-refractivity contribution in [1.29, 1.82) is 0 Å². The van der Waals surface area contributed by atoms with E-state index in [0.717, 1.165) is 120 Å². The summed E-state index contributed by atoms with van der Waals surface area (Å²) in [4.78, 5) is 36.0. The Morgan fingerprint density at radius 1 is 0.272 bits per heavy atom. The summed E-state index contributed by atoms with van der Waals surface area (Å²) < 4.78 is 15.5. The van der Waals surface area contributed by atoms with E-state index in [2.05, 4.69) is 121 Å². The van der Waals surface area contributed by atoms with Crippen LogP contribution in [0.3, 0.4) is 0 Å². The summed E-state index contributed by atoms with van der Waals surface area (Å²) in [6, 6.07) is 84.8. The molecule has 0 aliphatic rings. The summed E-state index contributed by atoms with van der Waals surface area (Å²) in [7, 11) is 0. The fourth-order valence-corrected chi connectivity index (χ4v) is 12.3. The number of nitrogens with zero attached hydrogens (tertiary/aromatic N) is 7. The Bertz CT molecular complexity index is 5040. The molecule has 0 fully saturated rings. The molecule has 378 valence electrons. The molecule has 0 saturated heterocycles. The van der Waals surface area contributed by atoms with Crippen molar-refractivity contribution < 1.29 is 8.83 Å². The molecule has 0 unspecified atom stereocenters. The maximum atomic E-state index is 6.83. The fraction of sp³-hybridized carbons (Fsp3) is 0. The molecule has 0 aliphatic heterocycles. The Hall–Kier alpha value is -10.8. The van der Waals surface area contributed by atoms with Gasteiger partial charge in [0.25, 0.3) is 0 Å². The third kappa shape index (κ3) is 8.03. The first-order chi connectivity index (χ1) is 40.1. The molecule has 9 nitrogen and oxygen atoms in total. The fourth-order valence-electron chi connectivity index (χ4n) is 11.1. The van der Waals surface area contributed by atoms with Gasteiger partial charge in [0.15, 0.2) is 40.3 Å². The summed E-state index contributed by atoms with van der Waals surface area (Å²) in [6.07, 6.45) is 0. The molecule has 0 amide bonds. The van der Waals surface area contributed by atoms with Gasteiger partial charge in [-0.15, -0.1) is 11.3 Å². The van der Waals surface area contributed by atoms with Gasteiger partial charge < -0.3 is 8.83 Å². The molecule has 10 heteroatoms. The van der Waals surface area contributed by atoms with Gasteiger partial charge in [-0.05, 0) is 64.7 Å². The molecule has 16 rings (SSSR count). The van der Waals surface area contributed by atoms with Crippen LogP contribution in [0, 0.1) is 0 Å². The zero-order chi connectivity index (χ0) is 53.4. The number of benzene rings is 10. The number of hydrogen-bond acceptors (Lipinski definition) is 10. The van der Waals surface area contributed by atoms with Crippen LogP contribution >= 0.6 is 11.3 Å². The lowest BCUT2D eigenvalue weighted by molar-refractivity contribution is 0.667. The Balaban J connectivity index is 0.793. The van der Waals surface area contributed by atoms with Crippen LogP contribution in [0.2, 0.25) is 0 Å². The van der Waals surface area contributed by atoms with Crippen molar-refractivity contribution in [1.82, 2.24) is 34.9 Å². The number of rotatable bonds is 9. The van der Waals surface area contributed by atoms with Gasteiger partial charge in [0.1, 0.15) is 33.6 Å². The minimum Gasteiger partial charge on any atom is -0.452 e. The Kier molecular flexibility index (Phi) is 10.8. The van der Waals surface area contributed by atoms with E-state index in [1.54, 1.807) is 11.3 Å². The predicted molar refractivity (Wildman–Crippen MR) is 327 cm³/mol. The molecule has 10 aromatic carbocycles. The van der Waals surface area contributed by atoms with Crippen LogP contribution in [0.5, 0.6) is 0 Å².